The molecule has 0 aliphatic carbocycles. The highest BCUT2D eigenvalue weighted by Gasteiger charge is 2.47. The first-order chi connectivity index (χ1) is 12.2. The summed E-state index contributed by atoms with van der Waals surface area (Å²) in [6.07, 6.45) is 0.555. The number of hydrogen-bond acceptors (Lipinski definition) is 5. The average molecular weight is 391 g/mol. The lowest BCUT2D eigenvalue weighted by molar-refractivity contribution is -0.124. The van der Waals surface area contributed by atoms with E-state index in [1.165, 1.54) is 0 Å². The predicted molar refractivity (Wildman–Crippen MR) is 108 cm³/mol. The summed E-state index contributed by atoms with van der Waals surface area (Å²) < 4.78 is 29.1. The van der Waals surface area contributed by atoms with Gasteiger partial charge in [0.1, 0.15) is 6.79 Å². The van der Waals surface area contributed by atoms with Gasteiger partial charge in [0.05, 0.1) is 38.1 Å². The van der Waals surface area contributed by atoms with Crippen LogP contribution in [0.25, 0.3) is 0 Å². The molecule has 1 heterocycles. The Bertz CT molecular complexity index is 367. The Morgan fingerprint density at radius 3 is 1.88 bits per heavy atom. The van der Waals surface area contributed by atoms with Crippen molar-refractivity contribution in [2.24, 2.45) is 5.92 Å². The van der Waals surface area contributed by atoms with Gasteiger partial charge in [-0.2, -0.15) is 0 Å². The Hall–Kier alpha value is 0.0169. The first-order valence-corrected chi connectivity index (χ1v) is 12.3. The number of methoxy groups -OCH3 is 1. The summed E-state index contributed by atoms with van der Waals surface area (Å²) in [5.74, 6) is 0.286. The van der Waals surface area contributed by atoms with Gasteiger partial charge in [0, 0.05) is 13.0 Å². The highest BCUT2D eigenvalue weighted by molar-refractivity contribution is 6.77. The van der Waals surface area contributed by atoms with Crippen LogP contribution in [0.15, 0.2) is 0 Å². The Balaban J connectivity index is 2.73. The van der Waals surface area contributed by atoms with Gasteiger partial charge in [-0.25, -0.2) is 0 Å². The molecule has 0 aromatic carbocycles. The fourth-order valence-corrected chi connectivity index (χ4v) is 9.83. The monoisotopic (exact) mass is 390 g/mol. The minimum absolute atomic E-state index is 0.0179. The number of hydrogen-bond donors (Lipinski definition) is 0. The van der Waals surface area contributed by atoms with E-state index in [9.17, 15) is 0 Å². The van der Waals surface area contributed by atoms with Gasteiger partial charge in [-0.1, -0.05) is 48.5 Å². The Morgan fingerprint density at radius 1 is 0.923 bits per heavy atom. The number of rotatable bonds is 14. The van der Waals surface area contributed by atoms with Crippen LogP contribution in [-0.2, 0) is 23.4 Å². The normalized spacial score (nSPS) is 23.1. The van der Waals surface area contributed by atoms with Gasteiger partial charge in [0.2, 0.25) is 0 Å². The van der Waals surface area contributed by atoms with E-state index >= 15 is 0 Å². The van der Waals surface area contributed by atoms with E-state index in [-0.39, 0.29) is 24.9 Å². The third kappa shape index (κ3) is 6.28. The summed E-state index contributed by atoms with van der Waals surface area (Å²) in [5, 5.41) is 0. The molecular weight excluding hydrogens is 348 g/mol. The van der Waals surface area contributed by atoms with Crippen molar-refractivity contribution in [2.75, 3.05) is 33.7 Å². The first kappa shape index (κ1) is 24.1. The lowest BCUT2D eigenvalue weighted by Crippen LogP contribution is -2.50. The molecular formula is C20H42O5Si. The number of epoxide rings is 1. The van der Waals surface area contributed by atoms with Gasteiger partial charge in [-0.15, -0.1) is 0 Å². The van der Waals surface area contributed by atoms with E-state index in [1.54, 1.807) is 7.11 Å². The lowest BCUT2D eigenvalue weighted by atomic mass is 10.00. The standard InChI is InChI=1S/C20H42O5Si/c1-14(2)26(15(3)4,16(5)6)24-12-19(17(7)20-18(8)25-20)23-13-22-11-10-21-9/h14-20H,10-13H2,1-9H3/t17-,18+,19-,20+/m0/s1. The van der Waals surface area contributed by atoms with Crippen molar-refractivity contribution in [1.29, 1.82) is 0 Å². The van der Waals surface area contributed by atoms with Crippen LogP contribution < -0.4 is 0 Å². The molecule has 26 heavy (non-hydrogen) atoms. The lowest BCUT2D eigenvalue weighted by Gasteiger charge is -2.43. The summed E-state index contributed by atoms with van der Waals surface area (Å²) in [4.78, 5) is 0. The molecule has 0 N–H and O–H groups in total. The molecule has 0 saturated carbocycles. The molecule has 1 aliphatic heterocycles. The van der Waals surface area contributed by atoms with Crippen LogP contribution in [0.3, 0.4) is 0 Å². The molecule has 1 rings (SSSR count). The molecule has 0 aromatic rings. The highest BCUT2D eigenvalue weighted by atomic mass is 28.4. The third-order valence-corrected chi connectivity index (χ3v) is 11.9. The minimum Gasteiger partial charge on any atom is -0.413 e. The van der Waals surface area contributed by atoms with Crippen molar-refractivity contribution in [3.63, 3.8) is 0 Å². The van der Waals surface area contributed by atoms with Crippen LogP contribution in [0, 0.1) is 5.92 Å². The number of ether oxygens (including phenoxy) is 4. The summed E-state index contributed by atoms with van der Waals surface area (Å²) in [6, 6.07) is 0. The average Bonchev–Trinajstić information content (AvgIpc) is 3.28. The predicted octanol–water partition coefficient (Wildman–Crippen LogP) is 4.61. The maximum Gasteiger partial charge on any atom is 0.200 e. The molecule has 6 heteroatoms. The van der Waals surface area contributed by atoms with Crippen molar-refractivity contribution >= 4 is 8.32 Å². The largest absolute Gasteiger partial charge is 0.413 e. The summed E-state index contributed by atoms with van der Waals surface area (Å²) in [5.41, 5.74) is 1.69. The Labute approximate surface area is 162 Å². The molecule has 1 aliphatic rings. The molecule has 0 amide bonds. The van der Waals surface area contributed by atoms with Crippen LogP contribution in [-0.4, -0.2) is 60.4 Å². The molecule has 0 spiro atoms. The zero-order valence-corrected chi connectivity index (χ0v) is 19.4. The smallest absolute Gasteiger partial charge is 0.200 e. The quantitative estimate of drug-likeness (QED) is 0.188. The molecule has 1 fully saturated rings. The fraction of sp³-hybridized carbons (Fsp3) is 1.00. The molecule has 1 saturated heterocycles. The molecule has 5 nitrogen and oxygen atoms in total. The molecule has 0 radical (unpaired) electrons. The maximum atomic E-state index is 6.77. The molecule has 0 bridgehead atoms. The molecule has 156 valence electrons. The SMILES string of the molecule is COCCOCO[C@@H](CO[Si](C(C)C)(C(C)C)C(C)C)[C@H](C)[C@H]1O[C@@H]1C. The van der Waals surface area contributed by atoms with E-state index in [0.717, 1.165) is 0 Å². The highest BCUT2D eigenvalue weighted by Crippen LogP contribution is 2.43. The third-order valence-electron chi connectivity index (χ3n) is 5.86. The minimum atomic E-state index is -1.91. The van der Waals surface area contributed by atoms with Crippen LogP contribution in [0.1, 0.15) is 55.4 Å². The van der Waals surface area contributed by atoms with Gasteiger partial charge < -0.3 is 23.4 Å². The zero-order valence-electron chi connectivity index (χ0n) is 18.4. The fourth-order valence-electron chi connectivity index (χ4n) is 4.38. The summed E-state index contributed by atoms with van der Waals surface area (Å²) >= 11 is 0. The molecule has 0 aromatic heterocycles. The summed E-state index contributed by atoms with van der Waals surface area (Å²) in [6.45, 7) is 20.2. The Morgan fingerprint density at radius 2 is 1.46 bits per heavy atom. The van der Waals surface area contributed by atoms with Crippen molar-refractivity contribution in [3.8, 4) is 0 Å². The van der Waals surface area contributed by atoms with Crippen molar-refractivity contribution in [1.82, 2.24) is 0 Å². The molecule has 4 atom stereocenters. The van der Waals surface area contributed by atoms with Gasteiger partial charge >= 0.3 is 0 Å². The van der Waals surface area contributed by atoms with E-state index < -0.39 is 8.32 Å². The second-order valence-corrected chi connectivity index (χ2v) is 14.0. The van der Waals surface area contributed by atoms with Crippen molar-refractivity contribution < 1.29 is 23.4 Å². The second kappa shape index (κ2) is 11.1. The van der Waals surface area contributed by atoms with Crippen LogP contribution in [0.4, 0.5) is 0 Å². The first-order valence-electron chi connectivity index (χ1n) is 10.2. The van der Waals surface area contributed by atoms with Crippen LogP contribution >= 0.6 is 0 Å². The van der Waals surface area contributed by atoms with Crippen molar-refractivity contribution in [2.45, 2.75) is 90.3 Å². The molecule has 0 unspecified atom stereocenters. The van der Waals surface area contributed by atoms with Gasteiger partial charge in [0.25, 0.3) is 0 Å². The van der Waals surface area contributed by atoms with Gasteiger partial charge in [-0.3, -0.25) is 0 Å². The zero-order chi connectivity index (χ0) is 19.9. The van der Waals surface area contributed by atoms with E-state index in [0.29, 0.717) is 42.5 Å². The topological polar surface area (TPSA) is 49.5 Å². The van der Waals surface area contributed by atoms with Crippen LogP contribution in [0.2, 0.25) is 16.6 Å². The maximum absolute atomic E-state index is 6.77. The summed E-state index contributed by atoms with van der Waals surface area (Å²) in [7, 11) is -0.240. The van der Waals surface area contributed by atoms with Gasteiger partial charge in [-0.05, 0) is 23.5 Å². The second-order valence-electron chi connectivity index (χ2n) is 8.52. The van der Waals surface area contributed by atoms with Crippen molar-refractivity contribution in [3.05, 3.63) is 0 Å². The van der Waals surface area contributed by atoms with E-state index in [2.05, 4.69) is 55.4 Å². The van der Waals surface area contributed by atoms with E-state index in [4.69, 9.17) is 23.4 Å². The van der Waals surface area contributed by atoms with Gasteiger partial charge in [0.15, 0.2) is 8.32 Å². The van der Waals surface area contributed by atoms with Crippen LogP contribution in [0.5, 0.6) is 0 Å². The Kier molecular flexibility index (Phi) is 10.3. The van der Waals surface area contributed by atoms with E-state index in [1.807, 2.05) is 0 Å².